The van der Waals surface area contributed by atoms with Crippen LogP contribution in [0, 0.1) is 18.6 Å². The predicted molar refractivity (Wildman–Crippen MR) is 68.5 cm³/mol. The highest BCUT2D eigenvalue weighted by molar-refractivity contribution is 5.79. The zero-order chi connectivity index (χ0) is 14.1. The predicted octanol–water partition coefficient (Wildman–Crippen LogP) is 3.40. The number of pyridine rings is 1. The lowest BCUT2D eigenvalue weighted by molar-refractivity contribution is 0.432. The van der Waals surface area contributed by atoms with E-state index >= 15 is 0 Å². The van der Waals surface area contributed by atoms with Crippen molar-refractivity contribution in [2.75, 3.05) is 0 Å². The van der Waals surface area contributed by atoms with Crippen molar-refractivity contribution < 1.29 is 13.5 Å². The van der Waals surface area contributed by atoms with Crippen molar-refractivity contribution in [3.63, 3.8) is 0 Å². The van der Waals surface area contributed by atoms with Crippen molar-refractivity contribution >= 4 is 10.9 Å². The van der Waals surface area contributed by atoms with Crippen LogP contribution in [-0.4, -0.2) is 15.0 Å². The Hall–Kier alpha value is -2.63. The summed E-state index contributed by atoms with van der Waals surface area (Å²) in [7, 11) is 0. The van der Waals surface area contributed by atoms with Crippen molar-refractivity contribution in [2.24, 2.45) is 0 Å². The summed E-state index contributed by atoms with van der Waals surface area (Å²) in [6, 6.07) is 5.10. The average Bonchev–Trinajstić information content (AvgIpc) is 2.43. The van der Waals surface area contributed by atoms with E-state index in [1.807, 2.05) is 6.92 Å². The molecule has 0 unspecified atom stereocenters. The molecule has 20 heavy (non-hydrogen) atoms. The summed E-state index contributed by atoms with van der Waals surface area (Å²) in [5.74, 6) is -1.79. The van der Waals surface area contributed by atoms with Crippen LogP contribution in [-0.2, 0) is 0 Å². The first kappa shape index (κ1) is 12.4. The first-order chi connectivity index (χ1) is 9.63. The second-order valence-corrected chi connectivity index (χ2v) is 4.16. The first-order valence-corrected chi connectivity index (χ1v) is 5.85. The van der Waals surface area contributed by atoms with E-state index in [2.05, 4.69) is 15.0 Å². The Bertz CT molecular complexity index is 792. The van der Waals surface area contributed by atoms with E-state index in [9.17, 15) is 8.78 Å². The standard InChI is InChI=1S/C14H9F2N3O/c1-8-10-4-5-17-7-13(10)19-14(18-8)20-9-2-3-11(15)12(16)6-9/h2-7H,1H3. The zero-order valence-electron chi connectivity index (χ0n) is 10.5. The van der Waals surface area contributed by atoms with Gasteiger partial charge >= 0.3 is 6.01 Å². The average molecular weight is 273 g/mol. The van der Waals surface area contributed by atoms with Gasteiger partial charge in [0, 0.05) is 17.6 Å². The van der Waals surface area contributed by atoms with Gasteiger partial charge in [-0.25, -0.2) is 8.78 Å². The van der Waals surface area contributed by atoms with Gasteiger partial charge in [-0.05, 0) is 25.1 Å². The second-order valence-electron chi connectivity index (χ2n) is 4.16. The molecule has 6 heteroatoms. The molecule has 0 fully saturated rings. The molecule has 2 heterocycles. The molecule has 0 saturated heterocycles. The van der Waals surface area contributed by atoms with Gasteiger partial charge < -0.3 is 4.74 Å². The van der Waals surface area contributed by atoms with Crippen LogP contribution >= 0.6 is 0 Å². The minimum atomic E-state index is -0.985. The number of rotatable bonds is 2. The molecule has 4 nitrogen and oxygen atoms in total. The van der Waals surface area contributed by atoms with Gasteiger partial charge in [0.2, 0.25) is 0 Å². The third-order valence-corrected chi connectivity index (χ3v) is 2.77. The molecule has 3 rings (SSSR count). The molecule has 2 aromatic heterocycles. The zero-order valence-corrected chi connectivity index (χ0v) is 10.5. The molecule has 0 bridgehead atoms. The summed E-state index contributed by atoms with van der Waals surface area (Å²) < 4.78 is 31.3. The summed E-state index contributed by atoms with van der Waals surface area (Å²) >= 11 is 0. The maximum Gasteiger partial charge on any atom is 0.322 e. The molecule has 3 aromatic rings. The maximum absolute atomic E-state index is 13.1. The molecule has 0 aliphatic rings. The van der Waals surface area contributed by atoms with Gasteiger partial charge in [-0.2, -0.15) is 9.97 Å². The molecule has 0 N–H and O–H groups in total. The van der Waals surface area contributed by atoms with Crippen molar-refractivity contribution in [2.45, 2.75) is 6.92 Å². The van der Waals surface area contributed by atoms with Gasteiger partial charge in [-0.3, -0.25) is 4.98 Å². The molecule has 0 spiro atoms. The Labute approximate surface area is 113 Å². The number of nitrogens with zero attached hydrogens (tertiary/aromatic N) is 3. The third-order valence-electron chi connectivity index (χ3n) is 2.77. The number of hydrogen-bond acceptors (Lipinski definition) is 4. The smallest absolute Gasteiger partial charge is 0.322 e. The summed E-state index contributed by atoms with van der Waals surface area (Å²) in [6.07, 6.45) is 3.23. The number of aryl methyl sites for hydroxylation is 1. The Morgan fingerprint density at radius 2 is 1.90 bits per heavy atom. The summed E-state index contributed by atoms with van der Waals surface area (Å²) in [6.45, 7) is 1.81. The van der Waals surface area contributed by atoms with E-state index < -0.39 is 11.6 Å². The quantitative estimate of drug-likeness (QED) is 0.718. The molecule has 0 aliphatic heterocycles. The Morgan fingerprint density at radius 3 is 2.70 bits per heavy atom. The number of halogens is 2. The molecule has 1 aromatic carbocycles. The van der Waals surface area contributed by atoms with E-state index in [4.69, 9.17) is 4.74 Å². The number of fused-ring (bicyclic) bond motifs is 1. The highest BCUT2D eigenvalue weighted by Crippen LogP contribution is 2.23. The fraction of sp³-hybridized carbons (Fsp3) is 0.0714. The normalized spacial score (nSPS) is 10.8. The number of hydrogen-bond donors (Lipinski definition) is 0. The monoisotopic (exact) mass is 273 g/mol. The van der Waals surface area contributed by atoms with E-state index in [1.54, 1.807) is 18.5 Å². The van der Waals surface area contributed by atoms with Crippen LogP contribution in [0.1, 0.15) is 5.69 Å². The van der Waals surface area contributed by atoms with Gasteiger partial charge in [0.05, 0.1) is 17.4 Å². The third kappa shape index (κ3) is 2.27. The Morgan fingerprint density at radius 1 is 1.05 bits per heavy atom. The summed E-state index contributed by atoms with van der Waals surface area (Å²) in [4.78, 5) is 12.3. The van der Waals surface area contributed by atoms with E-state index in [0.717, 1.165) is 23.2 Å². The molecule has 0 radical (unpaired) electrons. The van der Waals surface area contributed by atoms with Crippen molar-refractivity contribution in [3.8, 4) is 11.8 Å². The fourth-order valence-electron chi connectivity index (χ4n) is 1.80. The molecular weight excluding hydrogens is 264 g/mol. The second kappa shape index (κ2) is 4.80. The van der Waals surface area contributed by atoms with Gasteiger partial charge in [-0.15, -0.1) is 0 Å². The van der Waals surface area contributed by atoms with Gasteiger partial charge in [0.25, 0.3) is 0 Å². The van der Waals surface area contributed by atoms with Crippen LogP contribution < -0.4 is 4.74 Å². The highest BCUT2D eigenvalue weighted by Gasteiger charge is 2.08. The molecule has 100 valence electrons. The first-order valence-electron chi connectivity index (χ1n) is 5.85. The van der Waals surface area contributed by atoms with Crippen LogP contribution in [0.4, 0.5) is 8.78 Å². The van der Waals surface area contributed by atoms with Gasteiger partial charge in [-0.1, -0.05) is 0 Å². The maximum atomic E-state index is 13.1. The van der Waals surface area contributed by atoms with Crippen LogP contribution in [0.3, 0.4) is 0 Å². The van der Waals surface area contributed by atoms with Crippen LogP contribution in [0.25, 0.3) is 10.9 Å². The number of aromatic nitrogens is 3. The van der Waals surface area contributed by atoms with Crippen molar-refractivity contribution in [3.05, 3.63) is 54.0 Å². The minimum Gasteiger partial charge on any atom is -0.424 e. The lowest BCUT2D eigenvalue weighted by atomic mass is 10.2. The number of benzene rings is 1. The van der Waals surface area contributed by atoms with Crippen molar-refractivity contribution in [1.82, 2.24) is 15.0 Å². The summed E-state index contributed by atoms with van der Waals surface area (Å²) in [5.41, 5.74) is 1.34. The van der Waals surface area contributed by atoms with E-state index in [0.29, 0.717) is 5.52 Å². The van der Waals surface area contributed by atoms with Gasteiger partial charge in [0.1, 0.15) is 5.75 Å². The SMILES string of the molecule is Cc1nc(Oc2ccc(F)c(F)c2)nc2cnccc12. The molecule has 0 amide bonds. The highest BCUT2D eigenvalue weighted by atomic mass is 19.2. The topological polar surface area (TPSA) is 47.9 Å². The summed E-state index contributed by atoms with van der Waals surface area (Å²) in [5, 5.41) is 0.859. The van der Waals surface area contributed by atoms with E-state index in [-0.39, 0.29) is 11.8 Å². The lowest BCUT2D eigenvalue weighted by Gasteiger charge is -2.06. The van der Waals surface area contributed by atoms with Gasteiger partial charge in [0.15, 0.2) is 11.6 Å². The van der Waals surface area contributed by atoms with Crippen LogP contribution in [0.15, 0.2) is 36.7 Å². The Balaban J connectivity index is 2.00. The van der Waals surface area contributed by atoms with Crippen LogP contribution in [0.2, 0.25) is 0 Å². The lowest BCUT2D eigenvalue weighted by Crippen LogP contribution is -1.96. The number of ether oxygens (including phenoxy) is 1. The molecule has 0 saturated carbocycles. The van der Waals surface area contributed by atoms with Crippen LogP contribution in [0.5, 0.6) is 11.8 Å². The van der Waals surface area contributed by atoms with Crippen molar-refractivity contribution in [1.29, 1.82) is 0 Å². The van der Waals surface area contributed by atoms with E-state index in [1.165, 1.54) is 6.07 Å². The largest absolute Gasteiger partial charge is 0.424 e. The fourth-order valence-corrected chi connectivity index (χ4v) is 1.80. The molecular formula is C14H9F2N3O. The molecule has 0 aliphatic carbocycles. The minimum absolute atomic E-state index is 0.0639. The Kier molecular flexibility index (Phi) is 2.98. The molecule has 0 atom stereocenters.